The van der Waals surface area contributed by atoms with Gasteiger partial charge in [-0.1, -0.05) is 48.2 Å². The van der Waals surface area contributed by atoms with Crippen molar-refractivity contribution >= 4 is 23.8 Å². The van der Waals surface area contributed by atoms with Crippen molar-refractivity contribution in [3.8, 4) is 11.4 Å². The molecule has 0 atom stereocenters. The fourth-order valence-electron chi connectivity index (χ4n) is 3.76. The van der Waals surface area contributed by atoms with Crippen molar-refractivity contribution in [1.82, 2.24) is 24.6 Å². The molecule has 0 aliphatic carbocycles. The van der Waals surface area contributed by atoms with Crippen LogP contribution in [0.25, 0.3) is 5.69 Å². The van der Waals surface area contributed by atoms with Crippen LogP contribution in [-0.2, 0) is 16.1 Å². The van der Waals surface area contributed by atoms with Crippen LogP contribution in [0.1, 0.15) is 18.3 Å². The van der Waals surface area contributed by atoms with Crippen LogP contribution in [0.4, 0.5) is 4.79 Å². The minimum atomic E-state index is -0.328. The molecule has 2 amide bonds. The van der Waals surface area contributed by atoms with Crippen LogP contribution in [0.15, 0.2) is 59.8 Å². The molecule has 4 rings (SSSR count). The van der Waals surface area contributed by atoms with Crippen LogP contribution in [0, 0.1) is 6.92 Å². The molecule has 1 aliphatic heterocycles. The molecular weight excluding hydrogens is 466 g/mol. The second-order valence-electron chi connectivity index (χ2n) is 7.98. The highest BCUT2D eigenvalue weighted by atomic mass is 32.2. The number of carbonyl (C=O) groups is 2. The first kappa shape index (κ1) is 24.6. The average Bonchev–Trinajstić information content (AvgIpc) is 3.30. The van der Waals surface area contributed by atoms with Gasteiger partial charge in [-0.2, -0.15) is 0 Å². The van der Waals surface area contributed by atoms with Gasteiger partial charge in [0.15, 0.2) is 11.0 Å². The molecule has 0 radical (unpaired) electrons. The maximum Gasteiger partial charge on any atom is 0.409 e. The van der Waals surface area contributed by atoms with E-state index in [2.05, 4.69) is 10.2 Å². The van der Waals surface area contributed by atoms with Crippen LogP contribution in [0.3, 0.4) is 0 Å². The summed E-state index contributed by atoms with van der Waals surface area (Å²) in [6, 6.07) is 17.6. The highest BCUT2D eigenvalue weighted by molar-refractivity contribution is 7.99. The minimum absolute atomic E-state index is 0.00108. The third-order valence-electron chi connectivity index (χ3n) is 5.65. The summed E-state index contributed by atoms with van der Waals surface area (Å²) in [4.78, 5) is 28.2. The fraction of sp³-hybridized carbons (Fsp3) is 0.360. The van der Waals surface area contributed by atoms with Gasteiger partial charge in [0, 0.05) is 31.9 Å². The molecule has 2 aromatic carbocycles. The first-order valence-electron chi connectivity index (χ1n) is 11.6. The second kappa shape index (κ2) is 11.7. The summed E-state index contributed by atoms with van der Waals surface area (Å²) >= 11 is 1.34. The van der Waals surface area contributed by atoms with Gasteiger partial charge in [-0.15, -0.1) is 10.2 Å². The molecular formula is C25H29N5O4S. The minimum Gasteiger partial charge on any atom is -0.485 e. The Labute approximate surface area is 209 Å². The van der Waals surface area contributed by atoms with E-state index in [1.165, 1.54) is 11.8 Å². The number of thioether (sulfide) groups is 1. The Morgan fingerprint density at radius 1 is 0.943 bits per heavy atom. The van der Waals surface area contributed by atoms with E-state index in [4.69, 9.17) is 9.47 Å². The zero-order valence-electron chi connectivity index (χ0n) is 19.9. The number of piperazine rings is 1. The zero-order valence-corrected chi connectivity index (χ0v) is 20.7. The lowest BCUT2D eigenvalue weighted by atomic mass is 10.2. The smallest absolute Gasteiger partial charge is 0.409 e. The predicted octanol–water partition coefficient (Wildman–Crippen LogP) is 3.55. The lowest BCUT2D eigenvalue weighted by Crippen LogP contribution is -2.51. The number of hydrogen-bond donors (Lipinski definition) is 0. The highest BCUT2D eigenvalue weighted by Gasteiger charge is 2.25. The van der Waals surface area contributed by atoms with E-state index in [1.807, 2.05) is 66.1 Å². The Hall–Kier alpha value is -3.53. The predicted molar refractivity (Wildman–Crippen MR) is 133 cm³/mol. The summed E-state index contributed by atoms with van der Waals surface area (Å²) in [5.41, 5.74) is 1.94. The molecule has 184 valence electrons. The SMILES string of the molecule is CCOC(=O)N1CCN(C(=O)CSc2nnc(COc3ccccc3C)n2-c2ccccc2)CC1. The van der Waals surface area contributed by atoms with Gasteiger partial charge in [-0.3, -0.25) is 9.36 Å². The summed E-state index contributed by atoms with van der Waals surface area (Å²) in [5, 5.41) is 9.34. The summed E-state index contributed by atoms with van der Waals surface area (Å²) < 4.78 is 13.0. The molecule has 2 heterocycles. The van der Waals surface area contributed by atoms with Crippen molar-refractivity contribution in [2.24, 2.45) is 0 Å². The number of aromatic nitrogens is 3. The molecule has 0 saturated carbocycles. The first-order chi connectivity index (χ1) is 17.1. The molecule has 1 saturated heterocycles. The van der Waals surface area contributed by atoms with Gasteiger partial charge in [0.25, 0.3) is 0 Å². The lowest BCUT2D eigenvalue weighted by Gasteiger charge is -2.34. The third kappa shape index (κ3) is 6.13. The zero-order chi connectivity index (χ0) is 24.6. The van der Waals surface area contributed by atoms with E-state index in [9.17, 15) is 9.59 Å². The molecule has 0 unspecified atom stereocenters. The van der Waals surface area contributed by atoms with Gasteiger partial charge in [0.2, 0.25) is 5.91 Å². The maximum absolute atomic E-state index is 12.9. The van der Waals surface area contributed by atoms with Gasteiger partial charge in [-0.25, -0.2) is 4.79 Å². The first-order valence-corrected chi connectivity index (χ1v) is 12.6. The van der Waals surface area contributed by atoms with Crippen LogP contribution in [0.5, 0.6) is 5.75 Å². The second-order valence-corrected chi connectivity index (χ2v) is 8.92. The number of benzene rings is 2. The Morgan fingerprint density at radius 3 is 2.34 bits per heavy atom. The van der Waals surface area contributed by atoms with Gasteiger partial charge in [-0.05, 0) is 37.6 Å². The van der Waals surface area contributed by atoms with Crippen LogP contribution in [0.2, 0.25) is 0 Å². The van der Waals surface area contributed by atoms with E-state index < -0.39 is 0 Å². The molecule has 35 heavy (non-hydrogen) atoms. The van der Waals surface area contributed by atoms with Crippen molar-refractivity contribution in [3.05, 3.63) is 66.0 Å². The van der Waals surface area contributed by atoms with Gasteiger partial charge in [0.1, 0.15) is 12.4 Å². The van der Waals surface area contributed by atoms with E-state index in [-0.39, 0.29) is 24.4 Å². The van der Waals surface area contributed by atoms with Crippen molar-refractivity contribution in [2.45, 2.75) is 25.6 Å². The topological polar surface area (TPSA) is 89.8 Å². The molecule has 1 aromatic heterocycles. The Balaban J connectivity index is 1.42. The summed E-state index contributed by atoms with van der Waals surface area (Å²) in [6.07, 6.45) is -0.328. The van der Waals surface area contributed by atoms with Crippen LogP contribution >= 0.6 is 11.8 Å². The Bertz CT molecular complexity index is 1150. The van der Waals surface area contributed by atoms with Crippen LogP contribution in [-0.4, -0.2) is 75.1 Å². The number of ether oxygens (including phenoxy) is 2. The van der Waals surface area contributed by atoms with Crippen molar-refractivity contribution in [3.63, 3.8) is 0 Å². The number of rotatable bonds is 8. The standard InChI is InChI=1S/C25H29N5O4S/c1-3-33-25(32)29-15-13-28(14-16-29)23(31)18-35-24-27-26-22(30(24)20-10-5-4-6-11-20)17-34-21-12-8-7-9-19(21)2/h4-12H,3,13-18H2,1-2H3. The largest absolute Gasteiger partial charge is 0.485 e. The monoisotopic (exact) mass is 495 g/mol. The fourth-order valence-corrected chi connectivity index (χ4v) is 4.63. The Morgan fingerprint density at radius 2 is 1.63 bits per heavy atom. The number of carbonyl (C=O) groups excluding carboxylic acids is 2. The molecule has 0 N–H and O–H groups in total. The third-order valence-corrected chi connectivity index (χ3v) is 6.56. The van der Waals surface area contributed by atoms with Crippen LogP contribution < -0.4 is 4.74 Å². The van der Waals surface area contributed by atoms with Crippen molar-refractivity contribution < 1.29 is 19.1 Å². The molecule has 1 fully saturated rings. The quantitative estimate of drug-likeness (QED) is 0.442. The number of para-hydroxylation sites is 2. The number of hydrogen-bond acceptors (Lipinski definition) is 7. The van der Waals surface area contributed by atoms with Gasteiger partial charge >= 0.3 is 6.09 Å². The van der Waals surface area contributed by atoms with Crippen molar-refractivity contribution in [2.75, 3.05) is 38.5 Å². The molecule has 0 spiro atoms. The highest BCUT2D eigenvalue weighted by Crippen LogP contribution is 2.24. The molecule has 10 heteroatoms. The number of aryl methyl sites for hydroxylation is 1. The van der Waals surface area contributed by atoms with Crippen molar-refractivity contribution in [1.29, 1.82) is 0 Å². The summed E-state index contributed by atoms with van der Waals surface area (Å²) in [5.74, 6) is 1.67. The Kier molecular flexibility index (Phi) is 8.25. The molecule has 9 nitrogen and oxygen atoms in total. The van der Waals surface area contributed by atoms with E-state index in [0.717, 1.165) is 17.0 Å². The van der Waals surface area contributed by atoms with E-state index in [1.54, 1.807) is 16.7 Å². The lowest BCUT2D eigenvalue weighted by molar-refractivity contribution is -0.129. The maximum atomic E-state index is 12.9. The van der Waals surface area contributed by atoms with Gasteiger partial charge < -0.3 is 19.3 Å². The van der Waals surface area contributed by atoms with E-state index in [0.29, 0.717) is 43.8 Å². The van der Waals surface area contributed by atoms with E-state index >= 15 is 0 Å². The normalized spacial score (nSPS) is 13.5. The summed E-state index contributed by atoms with van der Waals surface area (Å²) in [6.45, 7) is 6.27. The molecule has 3 aromatic rings. The molecule has 1 aliphatic rings. The summed E-state index contributed by atoms with van der Waals surface area (Å²) in [7, 11) is 0. The molecule has 0 bridgehead atoms. The van der Waals surface area contributed by atoms with Gasteiger partial charge in [0.05, 0.1) is 12.4 Å². The average molecular weight is 496 g/mol. The number of amides is 2. The number of nitrogens with zero attached hydrogens (tertiary/aromatic N) is 5.